The number of amides is 1. The molecule has 126 valence electrons. The summed E-state index contributed by atoms with van der Waals surface area (Å²) < 4.78 is 11.3. The van der Waals surface area contributed by atoms with Gasteiger partial charge in [0.1, 0.15) is 5.75 Å². The van der Waals surface area contributed by atoms with Crippen molar-refractivity contribution in [2.45, 2.75) is 13.8 Å². The molecule has 0 atom stereocenters. The molecule has 0 aliphatic rings. The molecule has 1 N–H and O–H groups in total. The summed E-state index contributed by atoms with van der Waals surface area (Å²) in [5.41, 5.74) is 2.63. The van der Waals surface area contributed by atoms with Crippen molar-refractivity contribution in [1.82, 2.24) is 0 Å². The third-order valence-corrected chi connectivity index (χ3v) is 4.28. The maximum Gasteiger partial charge on any atom is 0.339 e. The number of anilines is 1. The fourth-order valence-corrected chi connectivity index (χ4v) is 2.58. The zero-order valence-corrected chi connectivity index (χ0v) is 15.3. The van der Waals surface area contributed by atoms with Crippen molar-refractivity contribution in [3.05, 3.63) is 57.6 Å². The van der Waals surface area contributed by atoms with Crippen LogP contribution in [0.25, 0.3) is 0 Å². The highest BCUT2D eigenvalue weighted by Crippen LogP contribution is 2.26. The van der Waals surface area contributed by atoms with Crippen molar-refractivity contribution in [1.29, 1.82) is 0 Å². The van der Waals surface area contributed by atoms with Gasteiger partial charge in [-0.05, 0) is 49.2 Å². The fraction of sp³-hybridized carbons (Fsp3) is 0.222. The summed E-state index contributed by atoms with van der Waals surface area (Å²) in [7, 11) is 1.29. The number of para-hydroxylation sites is 1. The Morgan fingerprint density at radius 2 is 1.83 bits per heavy atom. The average Bonchev–Trinajstić information content (AvgIpc) is 2.56. The largest absolute Gasteiger partial charge is 0.483 e. The van der Waals surface area contributed by atoms with Gasteiger partial charge in [0.05, 0.1) is 18.4 Å². The lowest BCUT2D eigenvalue weighted by molar-refractivity contribution is -0.118. The van der Waals surface area contributed by atoms with Gasteiger partial charge in [-0.25, -0.2) is 4.79 Å². The van der Waals surface area contributed by atoms with E-state index < -0.39 is 5.97 Å². The smallest absolute Gasteiger partial charge is 0.339 e. The van der Waals surface area contributed by atoms with Crippen LogP contribution in [-0.2, 0) is 9.53 Å². The van der Waals surface area contributed by atoms with Crippen LogP contribution < -0.4 is 10.1 Å². The van der Waals surface area contributed by atoms with E-state index in [0.717, 1.165) is 15.6 Å². The quantitative estimate of drug-likeness (QED) is 0.785. The highest BCUT2D eigenvalue weighted by Gasteiger charge is 2.14. The molecule has 1 amide bonds. The average molecular weight is 392 g/mol. The summed E-state index contributed by atoms with van der Waals surface area (Å²) in [5.74, 6) is -0.218. The number of aryl methyl sites for hydroxylation is 2. The maximum atomic E-state index is 12.1. The molecule has 0 spiro atoms. The number of hydrogen-bond acceptors (Lipinski definition) is 4. The summed E-state index contributed by atoms with van der Waals surface area (Å²) >= 11 is 3.45. The Labute approximate surface area is 149 Å². The third-order valence-electron chi connectivity index (χ3n) is 3.42. The van der Waals surface area contributed by atoms with Crippen molar-refractivity contribution in [2.75, 3.05) is 19.0 Å². The number of hydrogen-bond donors (Lipinski definition) is 1. The summed E-state index contributed by atoms with van der Waals surface area (Å²) in [6, 6.07) is 10.5. The lowest BCUT2D eigenvalue weighted by atomic mass is 10.1. The molecule has 0 bridgehead atoms. The summed E-state index contributed by atoms with van der Waals surface area (Å²) in [6.07, 6.45) is 0. The molecule has 0 heterocycles. The van der Waals surface area contributed by atoms with Crippen LogP contribution in [0.5, 0.6) is 5.75 Å². The molecule has 5 nitrogen and oxygen atoms in total. The van der Waals surface area contributed by atoms with Gasteiger partial charge in [0.2, 0.25) is 0 Å². The zero-order chi connectivity index (χ0) is 17.7. The second-order valence-electron chi connectivity index (χ2n) is 5.24. The first-order valence-electron chi connectivity index (χ1n) is 7.29. The second-order valence-corrected chi connectivity index (χ2v) is 6.10. The van der Waals surface area contributed by atoms with Crippen LogP contribution in [-0.4, -0.2) is 25.6 Å². The van der Waals surface area contributed by atoms with Crippen LogP contribution in [0, 0.1) is 13.8 Å². The lowest BCUT2D eigenvalue weighted by Gasteiger charge is -2.12. The van der Waals surface area contributed by atoms with E-state index in [0.29, 0.717) is 17.0 Å². The predicted octanol–water partition coefficient (Wildman–Crippen LogP) is 3.87. The number of carbonyl (C=O) groups is 2. The topological polar surface area (TPSA) is 64.6 Å². The molecule has 0 saturated heterocycles. The molecule has 2 aromatic rings. The van der Waals surface area contributed by atoms with Gasteiger partial charge in [0.25, 0.3) is 5.91 Å². The molecule has 0 radical (unpaired) electrons. The third kappa shape index (κ3) is 4.35. The van der Waals surface area contributed by atoms with Crippen LogP contribution in [0.15, 0.2) is 40.9 Å². The van der Waals surface area contributed by atoms with Crippen molar-refractivity contribution in [3.8, 4) is 5.75 Å². The SMILES string of the molecule is COC(=O)c1ccccc1NC(=O)COc1cc(C)c(Br)cc1C. The minimum atomic E-state index is -0.508. The Balaban J connectivity index is 2.05. The molecule has 0 aliphatic carbocycles. The normalized spacial score (nSPS) is 10.2. The van der Waals surface area contributed by atoms with Gasteiger partial charge in [-0.15, -0.1) is 0 Å². The molecule has 0 aromatic heterocycles. The van der Waals surface area contributed by atoms with Gasteiger partial charge in [-0.3, -0.25) is 4.79 Å². The van der Waals surface area contributed by atoms with Gasteiger partial charge in [-0.1, -0.05) is 28.1 Å². The van der Waals surface area contributed by atoms with Crippen LogP contribution in [0.1, 0.15) is 21.5 Å². The Kier molecular flexibility index (Phi) is 5.98. The molecule has 2 aromatic carbocycles. The number of nitrogens with one attached hydrogen (secondary N) is 1. The van der Waals surface area contributed by atoms with Gasteiger partial charge >= 0.3 is 5.97 Å². The number of halogens is 1. The monoisotopic (exact) mass is 391 g/mol. The summed E-state index contributed by atoms with van der Waals surface area (Å²) in [4.78, 5) is 23.8. The van der Waals surface area contributed by atoms with Crippen LogP contribution >= 0.6 is 15.9 Å². The van der Waals surface area contributed by atoms with E-state index >= 15 is 0 Å². The highest BCUT2D eigenvalue weighted by atomic mass is 79.9. The van der Waals surface area contributed by atoms with Crippen molar-refractivity contribution < 1.29 is 19.1 Å². The van der Waals surface area contributed by atoms with E-state index in [-0.39, 0.29) is 12.5 Å². The summed E-state index contributed by atoms with van der Waals surface area (Å²) in [5, 5.41) is 2.67. The van der Waals surface area contributed by atoms with Crippen LogP contribution in [0.3, 0.4) is 0 Å². The van der Waals surface area contributed by atoms with Crippen LogP contribution in [0.2, 0.25) is 0 Å². The molecule has 0 saturated carbocycles. The van der Waals surface area contributed by atoms with E-state index in [1.54, 1.807) is 24.3 Å². The van der Waals surface area contributed by atoms with E-state index in [9.17, 15) is 9.59 Å². The van der Waals surface area contributed by atoms with Crippen molar-refractivity contribution in [3.63, 3.8) is 0 Å². The zero-order valence-electron chi connectivity index (χ0n) is 13.7. The first-order valence-corrected chi connectivity index (χ1v) is 8.08. The van der Waals surface area contributed by atoms with E-state index in [4.69, 9.17) is 9.47 Å². The van der Waals surface area contributed by atoms with E-state index in [1.807, 2.05) is 26.0 Å². The number of carbonyl (C=O) groups excluding carboxylic acids is 2. The van der Waals surface area contributed by atoms with Gasteiger partial charge in [-0.2, -0.15) is 0 Å². The van der Waals surface area contributed by atoms with Gasteiger partial charge < -0.3 is 14.8 Å². The number of benzene rings is 2. The summed E-state index contributed by atoms with van der Waals surface area (Å²) in [6.45, 7) is 3.70. The minimum absolute atomic E-state index is 0.155. The van der Waals surface area contributed by atoms with Gasteiger partial charge in [0, 0.05) is 4.47 Å². The Morgan fingerprint density at radius 3 is 2.54 bits per heavy atom. The molecule has 24 heavy (non-hydrogen) atoms. The Bertz CT molecular complexity index is 774. The first-order chi connectivity index (χ1) is 11.4. The predicted molar refractivity (Wildman–Crippen MR) is 95.5 cm³/mol. The molecular weight excluding hydrogens is 374 g/mol. The fourth-order valence-electron chi connectivity index (χ4n) is 2.12. The molecule has 2 rings (SSSR count). The van der Waals surface area contributed by atoms with Crippen molar-refractivity contribution in [2.24, 2.45) is 0 Å². The van der Waals surface area contributed by atoms with Gasteiger partial charge in [0.15, 0.2) is 6.61 Å². The van der Waals surface area contributed by atoms with E-state index in [1.165, 1.54) is 7.11 Å². The second kappa shape index (κ2) is 7.97. The first kappa shape index (κ1) is 18.0. The molecule has 0 fully saturated rings. The molecular formula is C18H18BrNO4. The molecule has 0 aliphatic heterocycles. The Hall–Kier alpha value is -2.34. The highest BCUT2D eigenvalue weighted by molar-refractivity contribution is 9.10. The van der Waals surface area contributed by atoms with E-state index in [2.05, 4.69) is 21.2 Å². The number of methoxy groups -OCH3 is 1. The number of ether oxygens (including phenoxy) is 2. The maximum absolute atomic E-state index is 12.1. The van der Waals surface area contributed by atoms with Crippen molar-refractivity contribution >= 4 is 33.5 Å². The molecule has 0 unspecified atom stereocenters. The minimum Gasteiger partial charge on any atom is -0.483 e. The standard InChI is InChI=1S/C18H18BrNO4/c1-11-9-16(12(2)8-14(11)19)24-10-17(21)20-15-7-5-4-6-13(15)18(22)23-3/h4-9H,10H2,1-3H3,(H,20,21). The van der Waals surface area contributed by atoms with Crippen LogP contribution in [0.4, 0.5) is 5.69 Å². The lowest BCUT2D eigenvalue weighted by Crippen LogP contribution is -2.22. The molecule has 6 heteroatoms. The Morgan fingerprint density at radius 1 is 1.12 bits per heavy atom. The number of rotatable bonds is 5. The number of esters is 1.